The van der Waals surface area contributed by atoms with Crippen LogP contribution in [0.1, 0.15) is 16.8 Å². The van der Waals surface area contributed by atoms with Gasteiger partial charge in [0.15, 0.2) is 0 Å². The number of hydrazine groups is 1. The van der Waals surface area contributed by atoms with E-state index in [0.29, 0.717) is 5.02 Å². The smallest absolute Gasteiger partial charge is 0.273 e. The lowest BCUT2D eigenvalue weighted by molar-refractivity contribution is -0.121. The van der Waals surface area contributed by atoms with E-state index in [4.69, 9.17) is 11.6 Å². The number of halogens is 1. The predicted octanol–water partition coefficient (Wildman–Crippen LogP) is 1.18. The van der Waals surface area contributed by atoms with Gasteiger partial charge in [-0.15, -0.1) is 0 Å². The first kappa shape index (κ1) is 19.7. The summed E-state index contributed by atoms with van der Waals surface area (Å²) < 4.78 is 26.3. The third-order valence-electron chi connectivity index (χ3n) is 3.23. The first-order valence-corrected chi connectivity index (χ1v) is 9.28. The molecule has 2 rings (SSSR count). The molecule has 8 nitrogen and oxygen atoms in total. The molecule has 2 aromatic carbocycles. The fourth-order valence-corrected chi connectivity index (χ4v) is 3.08. The third-order valence-corrected chi connectivity index (χ3v) is 4.96. The van der Waals surface area contributed by atoms with Crippen molar-refractivity contribution in [1.82, 2.24) is 15.6 Å². The number of rotatable bonds is 6. The maximum Gasteiger partial charge on any atom is 0.273 e. The van der Waals surface area contributed by atoms with E-state index < -0.39 is 21.8 Å². The summed E-state index contributed by atoms with van der Waals surface area (Å²) in [4.78, 5) is 23.5. The second-order valence-electron chi connectivity index (χ2n) is 5.12. The zero-order valence-electron chi connectivity index (χ0n) is 13.4. The number of carbonyl (C=O) groups is 2. The molecule has 0 fully saturated rings. The fraction of sp³-hybridized carbons (Fsp3) is 0.125. The summed E-state index contributed by atoms with van der Waals surface area (Å²) in [6.45, 7) is -0.163. The Morgan fingerprint density at radius 1 is 1.00 bits per heavy atom. The largest absolute Gasteiger partial charge is 0.507 e. The lowest BCUT2D eigenvalue weighted by atomic mass is 10.2. The van der Waals surface area contributed by atoms with Crippen molar-refractivity contribution < 1.29 is 23.1 Å². The summed E-state index contributed by atoms with van der Waals surface area (Å²) >= 11 is 5.70. The highest BCUT2D eigenvalue weighted by Crippen LogP contribution is 2.15. The normalized spacial score (nSPS) is 11.0. The molecule has 0 unspecified atom stereocenters. The summed E-state index contributed by atoms with van der Waals surface area (Å²) in [6, 6.07) is 11.4. The van der Waals surface area contributed by atoms with Gasteiger partial charge >= 0.3 is 0 Å². The number of carbonyl (C=O) groups excluding carboxylic acids is 2. The van der Waals surface area contributed by atoms with Crippen molar-refractivity contribution in [2.45, 2.75) is 11.3 Å². The molecular formula is C16H16ClN3O5S. The van der Waals surface area contributed by atoms with Crippen molar-refractivity contribution in [3.05, 3.63) is 59.1 Å². The van der Waals surface area contributed by atoms with Gasteiger partial charge in [-0.05, 0) is 36.4 Å². The first-order valence-electron chi connectivity index (χ1n) is 7.42. The van der Waals surface area contributed by atoms with Crippen LogP contribution < -0.4 is 15.6 Å². The van der Waals surface area contributed by atoms with Crippen LogP contribution in [0.4, 0.5) is 0 Å². The SMILES string of the molecule is O=C(CCNS(=O)(=O)c1ccc(Cl)cc1)NNC(=O)c1ccccc1O. The van der Waals surface area contributed by atoms with Gasteiger partial charge in [0.2, 0.25) is 15.9 Å². The molecule has 0 aromatic heterocycles. The zero-order chi connectivity index (χ0) is 19.2. The number of amides is 2. The van der Waals surface area contributed by atoms with Crippen LogP contribution in [0.2, 0.25) is 5.02 Å². The molecule has 0 aliphatic rings. The zero-order valence-corrected chi connectivity index (χ0v) is 15.0. The molecule has 138 valence electrons. The van der Waals surface area contributed by atoms with Crippen LogP contribution in [0, 0.1) is 0 Å². The summed E-state index contributed by atoms with van der Waals surface area (Å²) in [5, 5.41) is 9.95. The van der Waals surface area contributed by atoms with Gasteiger partial charge in [0.25, 0.3) is 5.91 Å². The molecule has 4 N–H and O–H groups in total. The lowest BCUT2D eigenvalue weighted by Crippen LogP contribution is -2.42. The molecule has 0 aliphatic heterocycles. The van der Waals surface area contributed by atoms with Crippen molar-refractivity contribution in [3.8, 4) is 5.75 Å². The number of hydrogen-bond acceptors (Lipinski definition) is 5. The summed E-state index contributed by atoms with van der Waals surface area (Å²) in [5.74, 6) is -1.53. The van der Waals surface area contributed by atoms with Gasteiger partial charge in [-0.1, -0.05) is 23.7 Å². The molecule has 0 saturated carbocycles. The molecule has 0 radical (unpaired) electrons. The van der Waals surface area contributed by atoms with Gasteiger partial charge in [0, 0.05) is 18.0 Å². The Morgan fingerprint density at radius 2 is 1.65 bits per heavy atom. The van der Waals surface area contributed by atoms with Gasteiger partial charge in [-0.2, -0.15) is 0 Å². The maximum absolute atomic E-state index is 12.0. The van der Waals surface area contributed by atoms with Crippen LogP contribution in [0.25, 0.3) is 0 Å². The van der Waals surface area contributed by atoms with E-state index in [1.807, 2.05) is 0 Å². The second-order valence-corrected chi connectivity index (χ2v) is 7.32. The minimum atomic E-state index is -3.76. The van der Waals surface area contributed by atoms with Crippen molar-refractivity contribution in [1.29, 1.82) is 0 Å². The Bertz CT molecular complexity index is 900. The standard InChI is InChI=1S/C16H16ClN3O5S/c17-11-5-7-12(8-6-11)26(24,25)18-10-9-15(22)19-20-16(23)13-3-1-2-4-14(13)21/h1-8,18,21H,9-10H2,(H,19,22)(H,20,23). The van der Waals surface area contributed by atoms with E-state index in [1.54, 1.807) is 12.1 Å². The van der Waals surface area contributed by atoms with Gasteiger partial charge in [0.1, 0.15) is 5.75 Å². The molecule has 0 atom stereocenters. The molecule has 0 spiro atoms. The third kappa shape index (κ3) is 5.45. The first-order chi connectivity index (χ1) is 12.3. The fourth-order valence-electron chi connectivity index (χ4n) is 1.92. The Kier molecular flexibility index (Phi) is 6.56. The maximum atomic E-state index is 12.0. The highest BCUT2D eigenvalue weighted by atomic mass is 35.5. The average Bonchev–Trinajstić information content (AvgIpc) is 2.60. The van der Waals surface area contributed by atoms with Crippen molar-refractivity contribution in [2.75, 3.05) is 6.54 Å². The van der Waals surface area contributed by atoms with Crippen LogP contribution in [0.3, 0.4) is 0 Å². The van der Waals surface area contributed by atoms with E-state index in [2.05, 4.69) is 15.6 Å². The number of nitrogens with one attached hydrogen (secondary N) is 3. The molecule has 0 saturated heterocycles. The molecule has 0 bridgehead atoms. The van der Waals surface area contributed by atoms with Crippen molar-refractivity contribution in [3.63, 3.8) is 0 Å². The van der Waals surface area contributed by atoms with Crippen LogP contribution in [-0.4, -0.2) is 31.9 Å². The van der Waals surface area contributed by atoms with E-state index in [0.717, 1.165) is 0 Å². The predicted molar refractivity (Wildman–Crippen MR) is 95.0 cm³/mol. The molecule has 2 aromatic rings. The molecule has 26 heavy (non-hydrogen) atoms. The average molecular weight is 398 g/mol. The number of phenols is 1. The molecule has 0 heterocycles. The van der Waals surface area contributed by atoms with Crippen LogP contribution in [0.5, 0.6) is 5.75 Å². The quantitative estimate of drug-likeness (QED) is 0.545. The van der Waals surface area contributed by atoms with Gasteiger partial charge in [-0.25, -0.2) is 13.1 Å². The minimum absolute atomic E-state index is 0.00348. The van der Waals surface area contributed by atoms with Crippen LogP contribution >= 0.6 is 11.6 Å². The number of hydrogen-bond donors (Lipinski definition) is 4. The highest BCUT2D eigenvalue weighted by molar-refractivity contribution is 7.89. The topological polar surface area (TPSA) is 125 Å². The Hall–Kier alpha value is -2.62. The Morgan fingerprint density at radius 3 is 2.31 bits per heavy atom. The molecule has 2 amide bonds. The number of aromatic hydroxyl groups is 1. The van der Waals surface area contributed by atoms with Crippen molar-refractivity contribution >= 4 is 33.4 Å². The summed E-state index contributed by atoms with van der Waals surface area (Å²) in [5.41, 5.74) is 4.27. The van der Waals surface area contributed by atoms with Gasteiger partial charge in [0.05, 0.1) is 10.5 Å². The Labute approximate surface area is 155 Å². The van der Waals surface area contributed by atoms with Crippen LogP contribution in [0.15, 0.2) is 53.4 Å². The summed E-state index contributed by atoms with van der Waals surface area (Å²) in [6.07, 6.45) is -0.201. The summed E-state index contributed by atoms with van der Waals surface area (Å²) in [7, 11) is -3.76. The Balaban J connectivity index is 1.79. The van der Waals surface area contributed by atoms with Crippen LogP contribution in [-0.2, 0) is 14.8 Å². The van der Waals surface area contributed by atoms with E-state index in [9.17, 15) is 23.1 Å². The number of benzene rings is 2. The monoisotopic (exact) mass is 397 g/mol. The molecular weight excluding hydrogens is 382 g/mol. The molecule has 10 heteroatoms. The second kappa shape index (κ2) is 8.65. The number of sulfonamides is 1. The van der Waals surface area contributed by atoms with Crippen molar-refractivity contribution in [2.24, 2.45) is 0 Å². The lowest BCUT2D eigenvalue weighted by Gasteiger charge is -2.09. The van der Waals surface area contributed by atoms with E-state index in [-0.39, 0.29) is 29.2 Å². The van der Waals surface area contributed by atoms with Gasteiger partial charge < -0.3 is 5.11 Å². The van der Waals surface area contributed by atoms with E-state index >= 15 is 0 Å². The van der Waals surface area contributed by atoms with Gasteiger partial charge in [-0.3, -0.25) is 20.4 Å². The number of phenolic OH excluding ortho intramolecular Hbond substituents is 1. The molecule has 0 aliphatic carbocycles. The van der Waals surface area contributed by atoms with E-state index in [1.165, 1.54) is 36.4 Å². The number of para-hydroxylation sites is 1. The minimum Gasteiger partial charge on any atom is -0.507 e. The highest BCUT2D eigenvalue weighted by Gasteiger charge is 2.15.